The van der Waals surface area contributed by atoms with E-state index in [2.05, 4.69) is 87.2 Å². The number of nitrogens with one attached hydrogen (secondary N) is 1. The molecule has 114 heavy (non-hydrogen) atoms. The lowest BCUT2D eigenvalue weighted by Gasteiger charge is -2.36. The normalized spacial score (nSPS) is 18.2. The van der Waals surface area contributed by atoms with Crippen LogP contribution in [0.2, 0.25) is 0 Å². The molecule has 624 valence electrons. The third kappa shape index (κ3) is 29.0. The summed E-state index contributed by atoms with van der Waals surface area (Å²) in [6.45, 7) is 33.0. The fourth-order valence-corrected chi connectivity index (χ4v) is 17.5. The number of carboxylic acids is 1. The van der Waals surface area contributed by atoms with Crippen LogP contribution in [0.5, 0.6) is 0 Å². The second-order valence-corrected chi connectivity index (χ2v) is 38.7. The molecule has 0 spiro atoms. The molecule has 3 atom stereocenters. The molecule has 2 saturated carbocycles. The highest BCUT2D eigenvalue weighted by molar-refractivity contribution is 9.10. The highest BCUT2D eigenvalue weighted by Crippen LogP contribution is 2.41. The predicted octanol–water partition coefficient (Wildman–Crippen LogP) is 16.0. The Morgan fingerprint density at radius 3 is 1.11 bits per heavy atom. The molecule has 0 aromatic carbocycles. The number of nitrogens with zero attached hydrogens (tertiary/aromatic N) is 5. The van der Waals surface area contributed by atoms with Gasteiger partial charge in [0.15, 0.2) is 0 Å². The van der Waals surface area contributed by atoms with E-state index in [4.69, 9.17) is 23.7 Å². The van der Waals surface area contributed by atoms with Gasteiger partial charge in [0.1, 0.15) is 37.6 Å². The third-order valence-electron chi connectivity index (χ3n) is 19.2. The van der Waals surface area contributed by atoms with E-state index in [-0.39, 0.29) is 104 Å². The number of amides is 5. The molecule has 0 radical (unpaired) electrons. The summed E-state index contributed by atoms with van der Waals surface area (Å²) in [6.07, 6.45) is 12.6. The maximum atomic E-state index is 14.1. The number of anilines is 3. The van der Waals surface area contributed by atoms with Crippen molar-refractivity contribution in [1.82, 2.24) is 14.7 Å². The molecule has 0 unspecified atom stereocenters. The highest BCUT2D eigenvalue weighted by Gasteiger charge is 2.44. The lowest BCUT2D eigenvalue weighted by atomic mass is 9.82. The topological polar surface area (TPSA) is 257 Å². The summed E-state index contributed by atoms with van der Waals surface area (Å²) in [4.78, 5) is 129. The number of carbonyl (C=O) groups excluding carboxylic acids is 8. The monoisotopic (exact) mass is 1710 g/mol. The van der Waals surface area contributed by atoms with Gasteiger partial charge in [-0.15, -0.1) is 45.3 Å². The van der Waals surface area contributed by atoms with Crippen LogP contribution < -0.4 is 15.1 Å². The van der Waals surface area contributed by atoms with Crippen molar-refractivity contribution in [2.45, 2.75) is 205 Å². The van der Waals surface area contributed by atoms with Gasteiger partial charge < -0.3 is 53.5 Å². The van der Waals surface area contributed by atoms with E-state index < -0.39 is 36.0 Å². The smallest absolute Gasteiger partial charge is 0.350 e. The van der Waals surface area contributed by atoms with Crippen molar-refractivity contribution in [3.63, 3.8) is 0 Å². The van der Waals surface area contributed by atoms with Gasteiger partial charge in [0.05, 0.1) is 77.7 Å². The van der Waals surface area contributed by atoms with Crippen molar-refractivity contribution >= 4 is 132 Å². The van der Waals surface area contributed by atoms with Crippen molar-refractivity contribution in [2.24, 2.45) is 45.3 Å². The van der Waals surface area contributed by atoms with Gasteiger partial charge >= 0.3 is 23.9 Å². The van der Waals surface area contributed by atoms with E-state index in [1.54, 1.807) is 35.1 Å². The van der Waals surface area contributed by atoms with E-state index in [0.29, 0.717) is 68.9 Å². The van der Waals surface area contributed by atoms with Crippen LogP contribution in [0, 0.1) is 92.7 Å². The van der Waals surface area contributed by atoms with E-state index in [0.717, 1.165) is 129 Å². The molecule has 5 fully saturated rings. The van der Waals surface area contributed by atoms with Gasteiger partial charge in [0, 0.05) is 98.6 Å². The zero-order valence-corrected chi connectivity index (χ0v) is 75.3. The van der Waals surface area contributed by atoms with Crippen molar-refractivity contribution in [2.75, 3.05) is 117 Å². The Balaban J connectivity index is 0.000000245. The Hall–Kier alpha value is -7.57. The first-order valence-electron chi connectivity index (χ1n) is 39.2. The highest BCUT2D eigenvalue weighted by atomic mass is 79.9. The number of likely N-dealkylation sites (tertiary alicyclic amines) is 3. The number of thiophene rings is 4. The molecule has 5 aliphatic rings. The minimum atomic E-state index is -1.13. The molecule has 22 nitrogen and oxygen atoms in total. The van der Waals surface area contributed by atoms with Gasteiger partial charge in [-0.05, 0) is 225 Å². The molecule has 2 aliphatic carbocycles. The average Bonchev–Trinajstić information content (AvgIpc) is 1.61. The minimum Gasteiger partial charge on any atom is -0.477 e. The predicted molar refractivity (Wildman–Crippen MR) is 457 cm³/mol. The zero-order chi connectivity index (χ0) is 84.6. The fourth-order valence-electron chi connectivity index (χ4n) is 13.2. The van der Waals surface area contributed by atoms with Gasteiger partial charge in [-0.1, -0.05) is 61.2 Å². The number of ether oxygens (including phenoxy) is 6. The van der Waals surface area contributed by atoms with Crippen LogP contribution in [0.25, 0.3) is 0 Å². The Bertz CT molecular complexity index is 4240. The number of carboxylic acid groups (broad SMARTS) is 1. The van der Waals surface area contributed by atoms with Crippen LogP contribution in [0.3, 0.4) is 0 Å². The van der Waals surface area contributed by atoms with Gasteiger partial charge in [0.25, 0.3) is 0 Å². The molecule has 5 amide bonds. The molecule has 3 saturated heterocycles. The van der Waals surface area contributed by atoms with Crippen LogP contribution >= 0.6 is 61.3 Å². The SMILES string of the molecule is COC(=O)c1sc(C#CC(C)(C)C)cc1Br.COC[C@@H](C(=O)N1CCCC1)N(C(=O)C1CCC(C)CC1)c1cc(C#CC(C)(C)C)sc1C(=O)O.COC[C@@H](C(=O)N1CCCC1)N(C(=O)C1CCC(C)CC1)c1cc(C#CC(C)(C)C)sc1C(=O)OC.COC[C@H](Nc1cc(C#CC(C)(C)C)sc1C(=O)OC)C(=O)N1CCCC1. The fraction of sp³-hybridized carbons (Fsp3) is 0.621. The zero-order valence-electron chi connectivity index (χ0n) is 70.4. The van der Waals surface area contributed by atoms with E-state index in [1.165, 1.54) is 79.4 Å². The lowest BCUT2D eigenvalue weighted by molar-refractivity contribution is -0.136. The molecule has 4 aromatic rings. The number of halogens is 1. The summed E-state index contributed by atoms with van der Waals surface area (Å²) in [5.74, 6) is 22.6. The van der Waals surface area contributed by atoms with Crippen LogP contribution in [0.1, 0.15) is 245 Å². The van der Waals surface area contributed by atoms with E-state index in [9.17, 15) is 48.3 Å². The summed E-state index contributed by atoms with van der Waals surface area (Å²) in [6, 6.07) is 4.73. The summed E-state index contributed by atoms with van der Waals surface area (Å²) >= 11 is 8.16. The van der Waals surface area contributed by atoms with E-state index in [1.807, 2.05) is 94.1 Å². The molecular weight excluding hydrogens is 1590 g/mol. The minimum absolute atomic E-state index is 0.00209. The average molecular weight is 1710 g/mol. The van der Waals surface area contributed by atoms with Gasteiger partial charge in [-0.3, -0.25) is 33.8 Å². The Labute approximate surface area is 700 Å². The second kappa shape index (κ2) is 44.1. The Morgan fingerprint density at radius 2 is 0.754 bits per heavy atom. The summed E-state index contributed by atoms with van der Waals surface area (Å²) in [7, 11) is 8.62. The summed E-state index contributed by atoms with van der Waals surface area (Å²) < 4.78 is 31.5. The first-order chi connectivity index (χ1) is 53.6. The van der Waals surface area contributed by atoms with Crippen LogP contribution in [-0.2, 0) is 52.4 Å². The second-order valence-electron chi connectivity index (χ2n) is 33.6. The van der Waals surface area contributed by atoms with Crippen molar-refractivity contribution in [3.05, 3.63) is 67.8 Å². The number of carbonyl (C=O) groups is 9. The van der Waals surface area contributed by atoms with Gasteiger partial charge in [0.2, 0.25) is 29.5 Å². The van der Waals surface area contributed by atoms with Crippen molar-refractivity contribution in [3.8, 4) is 47.4 Å². The molecule has 2 N–H and O–H groups in total. The first-order valence-corrected chi connectivity index (χ1v) is 43.3. The molecule has 0 bridgehead atoms. The largest absolute Gasteiger partial charge is 0.477 e. The molecule has 4 aromatic heterocycles. The number of rotatable bonds is 21. The molecule has 9 rings (SSSR count). The van der Waals surface area contributed by atoms with Crippen LogP contribution in [-0.4, -0.2) is 193 Å². The summed E-state index contributed by atoms with van der Waals surface area (Å²) in [5, 5.41) is 13.2. The number of methoxy groups -OCH3 is 6. The number of hydrogen-bond donors (Lipinski definition) is 2. The third-order valence-corrected chi connectivity index (χ3v) is 24.2. The van der Waals surface area contributed by atoms with Gasteiger partial charge in [-0.25, -0.2) is 19.2 Å². The molecular formula is C87H119BrN6O16S4. The van der Waals surface area contributed by atoms with Crippen LogP contribution in [0.15, 0.2) is 28.7 Å². The number of esters is 3. The maximum absolute atomic E-state index is 14.1. The van der Waals surface area contributed by atoms with E-state index >= 15 is 0 Å². The lowest BCUT2D eigenvalue weighted by Crippen LogP contribution is -2.55. The summed E-state index contributed by atoms with van der Waals surface area (Å²) in [5.41, 5.74) is 0.525. The van der Waals surface area contributed by atoms with Crippen molar-refractivity contribution < 1.29 is 76.7 Å². The molecule has 7 heterocycles. The Morgan fingerprint density at radius 1 is 0.447 bits per heavy atom. The molecule has 27 heteroatoms. The standard InChI is InChI=1S/C28H40N2O5S.C27H38N2O5S.C20H28N2O4S.C12H13BrO2S/c1-19-9-11-20(12-10-19)25(31)30(23(18-34-5)26(32)29-15-7-8-16-29)22-17-21(13-14-28(2,3)4)36-24(22)27(33)35-6;1-18-8-10-19(11-9-18)24(30)29(22(17-34-5)25(31)28-14-6-7-15-28)21-16-20(12-13-27(2,3)4)35-23(21)26(32)33;1-20(2,3)9-8-14-12-15(17(27-14)19(24)26-5)21-16(13-25-4)18(23)22-10-6-7-11-22;1-12(2,3)6-5-8-7-9(13)10(16-8)11(14)15-4/h17,19-20,23H,7-12,15-16,18H2,1-6H3;16,18-19,22H,6-11,14-15,17H2,1-5H3,(H,32,33);12,16,21H,6-7,10-11,13H2,1-5H3;7H,1-4H3/t19?,20?,23-;18?,19?,22-;16-;/m000./s1. The first kappa shape index (κ1) is 95.3. The van der Waals surface area contributed by atoms with Crippen LogP contribution in [0.4, 0.5) is 17.1 Å². The maximum Gasteiger partial charge on any atom is 0.350 e. The number of hydrogen-bond acceptors (Lipinski definition) is 20. The number of aromatic carboxylic acids is 1. The van der Waals surface area contributed by atoms with Gasteiger partial charge in [-0.2, -0.15) is 0 Å². The Kier molecular flexibility index (Phi) is 36.9. The molecule has 3 aliphatic heterocycles. The quantitative estimate of drug-likeness (QED) is 0.0446. The van der Waals surface area contributed by atoms with Crippen molar-refractivity contribution in [1.29, 1.82) is 0 Å².